The summed E-state index contributed by atoms with van der Waals surface area (Å²) in [5.41, 5.74) is 0.781. The van der Waals surface area contributed by atoms with Crippen molar-refractivity contribution in [2.24, 2.45) is 0 Å². The van der Waals surface area contributed by atoms with E-state index in [-0.39, 0.29) is 17.3 Å². The molecular formula is C16H18N4O3. The van der Waals surface area contributed by atoms with Gasteiger partial charge in [-0.05, 0) is 26.0 Å². The summed E-state index contributed by atoms with van der Waals surface area (Å²) in [7, 11) is 1.28. The minimum atomic E-state index is -0.525. The number of para-hydroxylation sites is 1. The molecule has 120 valence electrons. The lowest BCUT2D eigenvalue weighted by atomic mass is 10.1. The van der Waals surface area contributed by atoms with Crippen molar-refractivity contribution < 1.29 is 14.3 Å². The van der Waals surface area contributed by atoms with Crippen molar-refractivity contribution in [2.45, 2.75) is 19.9 Å². The Morgan fingerprint density at radius 3 is 2.48 bits per heavy atom. The van der Waals surface area contributed by atoms with Crippen LogP contribution in [0.4, 0.5) is 11.5 Å². The highest BCUT2D eigenvalue weighted by atomic mass is 16.5. The zero-order valence-electron chi connectivity index (χ0n) is 13.2. The van der Waals surface area contributed by atoms with Gasteiger partial charge in [0.25, 0.3) is 5.91 Å². The van der Waals surface area contributed by atoms with Crippen LogP contribution in [-0.2, 0) is 4.74 Å². The molecule has 7 heteroatoms. The van der Waals surface area contributed by atoms with Gasteiger partial charge < -0.3 is 15.4 Å². The summed E-state index contributed by atoms with van der Waals surface area (Å²) >= 11 is 0. The quantitative estimate of drug-likeness (QED) is 0.823. The van der Waals surface area contributed by atoms with E-state index in [2.05, 4.69) is 20.6 Å². The summed E-state index contributed by atoms with van der Waals surface area (Å²) in [6.07, 6.45) is 2.86. The fourth-order valence-electron chi connectivity index (χ4n) is 1.88. The van der Waals surface area contributed by atoms with E-state index in [0.29, 0.717) is 11.5 Å². The van der Waals surface area contributed by atoms with Crippen molar-refractivity contribution >= 4 is 23.4 Å². The minimum Gasteiger partial charge on any atom is -0.465 e. The molecule has 0 saturated carbocycles. The zero-order valence-corrected chi connectivity index (χ0v) is 13.2. The molecular weight excluding hydrogens is 296 g/mol. The SMILES string of the molecule is COC(=O)c1ccccc1NC(=O)c1cnc(NC(C)C)cn1. The molecule has 0 unspecified atom stereocenters. The Morgan fingerprint density at radius 2 is 1.87 bits per heavy atom. The third kappa shape index (κ3) is 4.26. The smallest absolute Gasteiger partial charge is 0.339 e. The molecule has 0 fully saturated rings. The summed E-state index contributed by atoms with van der Waals surface area (Å²) in [5.74, 6) is -0.389. The Bertz CT molecular complexity index is 699. The van der Waals surface area contributed by atoms with Gasteiger partial charge in [0, 0.05) is 6.04 Å². The maximum absolute atomic E-state index is 12.2. The molecule has 0 atom stereocenters. The summed E-state index contributed by atoms with van der Waals surface area (Å²) in [6.45, 7) is 3.96. The van der Waals surface area contributed by atoms with Crippen LogP contribution in [0.5, 0.6) is 0 Å². The second kappa shape index (κ2) is 7.35. The summed E-state index contributed by atoms with van der Waals surface area (Å²) < 4.78 is 4.69. The second-order valence-electron chi connectivity index (χ2n) is 5.08. The summed E-state index contributed by atoms with van der Waals surface area (Å²) in [5, 5.41) is 5.73. The molecule has 0 aliphatic carbocycles. The summed E-state index contributed by atoms with van der Waals surface area (Å²) in [4.78, 5) is 32.1. The second-order valence-corrected chi connectivity index (χ2v) is 5.08. The lowest BCUT2D eigenvalue weighted by molar-refractivity contribution is 0.0602. The molecule has 23 heavy (non-hydrogen) atoms. The van der Waals surface area contributed by atoms with Gasteiger partial charge in [0.05, 0.1) is 30.8 Å². The van der Waals surface area contributed by atoms with Crippen LogP contribution in [0.2, 0.25) is 0 Å². The van der Waals surface area contributed by atoms with E-state index in [1.54, 1.807) is 24.3 Å². The monoisotopic (exact) mass is 314 g/mol. The lowest BCUT2D eigenvalue weighted by Crippen LogP contribution is -2.17. The van der Waals surface area contributed by atoms with E-state index >= 15 is 0 Å². The van der Waals surface area contributed by atoms with Gasteiger partial charge in [-0.3, -0.25) is 4.79 Å². The number of anilines is 2. The highest BCUT2D eigenvalue weighted by Crippen LogP contribution is 2.17. The molecule has 1 heterocycles. The van der Waals surface area contributed by atoms with Crippen LogP contribution in [0.15, 0.2) is 36.7 Å². The van der Waals surface area contributed by atoms with E-state index in [0.717, 1.165) is 0 Å². The number of esters is 1. The number of carbonyl (C=O) groups is 2. The number of rotatable bonds is 5. The Labute approximate surface area is 134 Å². The molecule has 0 radical (unpaired) electrons. The standard InChI is InChI=1S/C16H18N4O3/c1-10(2)19-14-9-17-13(8-18-14)15(21)20-12-7-5-4-6-11(12)16(22)23-3/h4-10H,1-3H3,(H,18,19)(H,20,21). The van der Waals surface area contributed by atoms with Gasteiger partial charge in [0.15, 0.2) is 0 Å². The fraction of sp³-hybridized carbons (Fsp3) is 0.250. The van der Waals surface area contributed by atoms with Crippen molar-refractivity contribution in [3.8, 4) is 0 Å². The van der Waals surface area contributed by atoms with Gasteiger partial charge in [-0.1, -0.05) is 12.1 Å². The first kappa shape index (κ1) is 16.4. The normalized spacial score (nSPS) is 10.3. The number of hydrogen-bond donors (Lipinski definition) is 2. The molecule has 0 spiro atoms. The molecule has 7 nitrogen and oxygen atoms in total. The van der Waals surface area contributed by atoms with Crippen LogP contribution >= 0.6 is 0 Å². The molecule has 0 bridgehead atoms. The molecule has 0 aliphatic heterocycles. The van der Waals surface area contributed by atoms with Crippen LogP contribution in [-0.4, -0.2) is 35.0 Å². The molecule has 2 aromatic rings. The number of ether oxygens (including phenoxy) is 1. The summed E-state index contributed by atoms with van der Waals surface area (Å²) in [6, 6.07) is 6.81. The maximum atomic E-state index is 12.2. The Morgan fingerprint density at radius 1 is 1.13 bits per heavy atom. The van der Waals surface area contributed by atoms with Gasteiger partial charge in [-0.25, -0.2) is 14.8 Å². The lowest BCUT2D eigenvalue weighted by Gasteiger charge is -2.10. The van der Waals surface area contributed by atoms with Crippen molar-refractivity contribution in [3.05, 3.63) is 47.9 Å². The number of aromatic nitrogens is 2. The van der Waals surface area contributed by atoms with E-state index in [1.807, 2.05) is 13.8 Å². The topological polar surface area (TPSA) is 93.2 Å². The number of benzene rings is 1. The van der Waals surface area contributed by atoms with E-state index < -0.39 is 11.9 Å². The highest BCUT2D eigenvalue weighted by molar-refractivity contribution is 6.06. The van der Waals surface area contributed by atoms with Crippen molar-refractivity contribution in [1.29, 1.82) is 0 Å². The number of amides is 1. The largest absolute Gasteiger partial charge is 0.465 e. The van der Waals surface area contributed by atoms with Crippen LogP contribution in [0.3, 0.4) is 0 Å². The maximum Gasteiger partial charge on any atom is 0.339 e. The van der Waals surface area contributed by atoms with Crippen LogP contribution < -0.4 is 10.6 Å². The minimum absolute atomic E-state index is 0.152. The van der Waals surface area contributed by atoms with Gasteiger partial charge in [-0.15, -0.1) is 0 Å². The first-order chi connectivity index (χ1) is 11.0. The average molecular weight is 314 g/mol. The molecule has 0 aliphatic rings. The predicted octanol–water partition coefficient (Wildman–Crippen LogP) is 2.34. The van der Waals surface area contributed by atoms with Gasteiger partial charge in [0.2, 0.25) is 0 Å². The predicted molar refractivity (Wildman–Crippen MR) is 86.5 cm³/mol. The number of carbonyl (C=O) groups excluding carboxylic acids is 2. The van der Waals surface area contributed by atoms with Crippen LogP contribution in [0, 0.1) is 0 Å². The fourth-order valence-corrected chi connectivity index (χ4v) is 1.88. The third-order valence-electron chi connectivity index (χ3n) is 2.90. The van der Waals surface area contributed by atoms with Crippen molar-refractivity contribution in [3.63, 3.8) is 0 Å². The van der Waals surface area contributed by atoms with Crippen LogP contribution in [0.25, 0.3) is 0 Å². The molecule has 2 rings (SSSR count). The third-order valence-corrected chi connectivity index (χ3v) is 2.90. The molecule has 1 aromatic heterocycles. The molecule has 2 N–H and O–H groups in total. The number of methoxy groups -OCH3 is 1. The Hall–Kier alpha value is -2.96. The first-order valence-corrected chi connectivity index (χ1v) is 7.08. The van der Waals surface area contributed by atoms with Crippen molar-refractivity contribution in [2.75, 3.05) is 17.7 Å². The Balaban J connectivity index is 2.15. The van der Waals surface area contributed by atoms with Gasteiger partial charge in [-0.2, -0.15) is 0 Å². The van der Waals surface area contributed by atoms with E-state index in [4.69, 9.17) is 4.74 Å². The van der Waals surface area contributed by atoms with E-state index in [9.17, 15) is 9.59 Å². The van der Waals surface area contributed by atoms with Crippen LogP contribution in [0.1, 0.15) is 34.7 Å². The number of hydrogen-bond acceptors (Lipinski definition) is 6. The number of nitrogens with one attached hydrogen (secondary N) is 2. The average Bonchev–Trinajstić information content (AvgIpc) is 2.54. The first-order valence-electron chi connectivity index (χ1n) is 7.08. The number of nitrogens with zero attached hydrogens (tertiary/aromatic N) is 2. The van der Waals surface area contributed by atoms with Crippen molar-refractivity contribution in [1.82, 2.24) is 9.97 Å². The molecule has 1 amide bonds. The zero-order chi connectivity index (χ0) is 16.8. The molecule has 1 aromatic carbocycles. The molecule has 0 saturated heterocycles. The van der Waals surface area contributed by atoms with E-state index in [1.165, 1.54) is 19.5 Å². The Kier molecular flexibility index (Phi) is 5.24. The highest BCUT2D eigenvalue weighted by Gasteiger charge is 2.15. The van der Waals surface area contributed by atoms with Gasteiger partial charge in [0.1, 0.15) is 11.5 Å². The van der Waals surface area contributed by atoms with Gasteiger partial charge >= 0.3 is 5.97 Å².